The quantitative estimate of drug-likeness (QED) is 0.905. The van der Waals surface area contributed by atoms with Crippen LogP contribution in [0.15, 0.2) is 9.59 Å². The molecule has 0 radical (unpaired) electrons. The van der Waals surface area contributed by atoms with Gasteiger partial charge in [-0.25, -0.2) is 4.79 Å². The van der Waals surface area contributed by atoms with Gasteiger partial charge in [-0.15, -0.1) is 0 Å². The molecule has 0 fully saturated rings. The van der Waals surface area contributed by atoms with Gasteiger partial charge in [-0.1, -0.05) is 0 Å². The van der Waals surface area contributed by atoms with Crippen molar-refractivity contribution in [3.05, 3.63) is 20.8 Å². The number of rotatable bonds is 4. The first kappa shape index (κ1) is 15.1. The Morgan fingerprint density at radius 2 is 2.00 bits per heavy atom. The summed E-state index contributed by atoms with van der Waals surface area (Å²) in [6, 6.07) is 0.0886. The van der Waals surface area contributed by atoms with Crippen molar-refractivity contribution in [1.29, 1.82) is 0 Å². The number of aromatic nitrogens is 4. The second-order valence-electron chi connectivity index (χ2n) is 4.46. The summed E-state index contributed by atoms with van der Waals surface area (Å²) in [7, 11) is 2.84. The summed E-state index contributed by atoms with van der Waals surface area (Å²) < 4.78 is 43.8. The van der Waals surface area contributed by atoms with Gasteiger partial charge in [0.1, 0.15) is 0 Å². The molecule has 0 saturated heterocycles. The Balaban J connectivity index is 2.48. The number of hydrogen-bond acceptors (Lipinski definition) is 4. The molecule has 0 aliphatic carbocycles. The van der Waals surface area contributed by atoms with Crippen LogP contribution in [0.2, 0.25) is 0 Å². The van der Waals surface area contributed by atoms with Crippen LogP contribution in [0.4, 0.5) is 13.2 Å². The van der Waals surface area contributed by atoms with Gasteiger partial charge >= 0.3 is 11.9 Å². The van der Waals surface area contributed by atoms with Crippen molar-refractivity contribution in [3.63, 3.8) is 0 Å². The molecule has 0 atom stereocenters. The third-order valence-corrected chi connectivity index (χ3v) is 3.00. The average molecular weight is 306 g/mol. The fraction of sp³-hybridized carbons (Fsp3) is 0.545. The summed E-state index contributed by atoms with van der Waals surface area (Å²) in [4.78, 5) is 29.6. The molecular weight excluding hydrogens is 293 g/mol. The van der Waals surface area contributed by atoms with E-state index in [4.69, 9.17) is 4.74 Å². The van der Waals surface area contributed by atoms with E-state index >= 15 is 0 Å². The molecule has 0 aliphatic heterocycles. The van der Waals surface area contributed by atoms with Gasteiger partial charge in [0.2, 0.25) is 0 Å². The first-order valence-electron chi connectivity index (χ1n) is 6.05. The standard InChI is InChI=1S/C11H13F3N4O3/c1-17-6-7(15-10(17)21-2)18(9(20)16-8(6)19)5-3-4-11(12,13)14/h3-5H2,1-2H3,(H,16,19,20). The highest BCUT2D eigenvalue weighted by Gasteiger charge is 2.26. The van der Waals surface area contributed by atoms with Crippen molar-refractivity contribution < 1.29 is 17.9 Å². The predicted molar refractivity (Wildman–Crippen MR) is 67.4 cm³/mol. The van der Waals surface area contributed by atoms with Crippen LogP contribution < -0.4 is 16.0 Å². The Kier molecular flexibility index (Phi) is 3.79. The van der Waals surface area contributed by atoms with Gasteiger partial charge in [-0.05, 0) is 6.42 Å². The number of nitrogens with zero attached hydrogens (tertiary/aromatic N) is 3. The molecule has 0 bridgehead atoms. The maximum atomic E-state index is 12.2. The maximum Gasteiger partial charge on any atom is 0.389 e. The Labute approximate surface area is 116 Å². The van der Waals surface area contributed by atoms with Crippen LogP contribution in [-0.2, 0) is 13.6 Å². The Morgan fingerprint density at radius 3 is 2.57 bits per heavy atom. The highest BCUT2D eigenvalue weighted by molar-refractivity contribution is 5.71. The lowest BCUT2D eigenvalue weighted by Gasteiger charge is -2.08. The fourth-order valence-corrected chi connectivity index (χ4v) is 2.05. The molecule has 116 valence electrons. The molecule has 0 amide bonds. The number of fused-ring (bicyclic) bond motifs is 1. The van der Waals surface area contributed by atoms with E-state index in [1.165, 1.54) is 18.7 Å². The number of methoxy groups -OCH3 is 1. The number of H-pyrrole nitrogens is 1. The molecule has 1 N–H and O–H groups in total. The minimum Gasteiger partial charge on any atom is -0.468 e. The van der Waals surface area contributed by atoms with Crippen LogP contribution in [0.3, 0.4) is 0 Å². The molecule has 21 heavy (non-hydrogen) atoms. The molecule has 7 nitrogen and oxygen atoms in total. The lowest BCUT2D eigenvalue weighted by Crippen LogP contribution is -2.31. The average Bonchev–Trinajstić information content (AvgIpc) is 2.69. The SMILES string of the molecule is COc1nc2c(c(=O)[nH]c(=O)n2CCCC(F)(F)F)n1C. The van der Waals surface area contributed by atoms with Gasteiger partial charge in [-0.3, -0.25) is 18.9 Å². The van der Waals surface area contributed by atoms with E-state index in [-0.39, 0.29) is 30.1 Å². The molecule has 0 saturated carbocycles. The van der Waals surface area contributed by atoms with Crippen LogP contribution >= 0.6 is 0 Å². The topological polar surface area (TPSA) is 81.9 Å². The molecule has 0 spiro atoms. The van der Waals surface area contributed by atoms with E-state index in [0.29, 0.717) is 0 Å². The van der Waals surface area contributed by atoms with Crippen molar-refractivity contribution in [2.45, 2.75) is 25.6 Å². The molecule has 0 aliphatic rings. The lowest BCUT2D eigenvalue weighted by atomic mass is 10.3. The number of aromatic amines is 1. The van der Waals surface area contributed by atoms with E-state index in [1.54, 1.807) is 0 Å². The molecule has 0 aromatic carbocycles. The van der Waals surface area contributed by atoms with Crippen LogP contribution in [0, 0.1) is 0 Å². The van der Waals surface area contributed by atoms with Crippen molar-refractivity contribution in [2.24, 2.45) is 7.05 Å². The first-order chi connectivity index (χ1) is 9.74. The summed E-state index contributed by atoms with van der Waals surface area (Å²) >= 11 is 0. The summed E-state index contributed by atoms with van der Waals surface area (Å²) in [6.07, 6.45) is -5.61. The van der Waals surface area contributed by atoms with Crippen molar-refractivity contribution in [2.75, 3.05) is 7.11 Å². The fourth-order valence-electron chi connectivity index (χ4n) is 2.05. The van der Waals surface area contributed by atoms with Crippen LogP contribution in [0.25, 0.3) is 11.2 Å². The highest BCUT2D eigenvalue weighted by Crippen LogP contribution is 2.22. The molecule has 2 aromatic rings. The lowest BCUT2D eigenvalue weighted by molar-refractivity contribution is -0.135. The van der Waals surface area contributed by atoms with Gasteiger partial charge < -0.3 is 4.74 Å². The zero-order chi connectivity index (χ0) is 15.8. The zero-order valence-corrected chi connectivity index (χ0v) is 11.3. The smallest absolute Gasteiger partial charge is 0.389 e. The molecule has 10 heteroatoms. The van der Waals surface area contributed by atoms with Gasteiger partial charge in [-0.2, -0.15) is 18.2 Å². The second kappa shape index (κ2) is 5.26. The Morgan fingerprint density at radius 1 is 1.33 bits per heavy atom. The number of imidazole rings is 1. The molecule has 2 heterocycles. The van der Waals surface area contributed by atoms with Crippen LogP contribution in [0.1, 0.15) is 12.8 Å². The minimum absolute atomic E-state index is 0.00488. The predicted octanol–water partition coefficient (Wildman–Crippen LogP) is 0.774. The molecule has 2 aromatic heterocycles. The summed E-state index contributed by atoms with van der Waals surface area (Å²) in [5.74, 6) is 0. The number of halogens is 3. The summed E-state index contributed by atoms with van der Waals surface area (Å²) in [5.41, 5.74) is -1.39. The van der Waals surface area contributed by atoms with E-state index in [1.807, 2.05) is 0 Å². The highest BCUT2D eigenvalue weighted by atomic mass is 19.4. The number of hydrogen-bond donors (Lipinski definition) is 1. The van der Waals surface area contributed by atoms with E-state index in [9.17, 15) is 22.8 Å². The van der Waals surface area contributed by atoms with Crippen LogP contribution in [0.5, 0.6) is 6.01 Å². The molecular formula is C11H13F3N4O3. The van der Waals surface area contributed by atoms with E-state index in [2.05, 4.69) is 9.97 Å². The van der Waals surface area contributed by atoms with Crippen LogP contribution in [-0.4, -0.2) is 32.4 Å². The van der Waals surface area contributed by atoms with Crippen molar-refractivity contribution in [3.8, 4) is 6.01 Å². The first-order valence-corrected chi connectivity index (χ1v) is 6.05. The molecule has 2 rings (SSSR count). The summed E-state index contributed by atoms with van der Waals surface area (Å²) in [6.45, 7) is -0.203. The van der Waals surface area contributed by atoms with Crippen molar-refractivity contribution >= 4 is 11.2 Å². The van der Waals surface area contributed by atoms with E-state index in [0.717, 1.165) is 4.57 Å². The van der Waals surface area contributed by atoms with Gasteiger partial charge in [0.15, 0.2) is 11.2 Å². The van der Waals surface area contributed by atoms with Crippen molar-refractivity contribution in [1.82, 2.24) is 19.1 Å². The van der Waals surface area contributed by atoms with E-state index < -0.39 is 23.8 Å². The molecule has 0 unspecified atom stereocenters. The maximum absolute atomic E-state index is 12.2. The third kappa shape index (κ3) is 2.93. The monoisotopic (exact) mass is 306 g/mol. The third-order valence-electron chi connectivity index (χ3n) is 3.00. The normalized spacial score (nSPS) is 12.0. The number of nitrogens with one attached hydrogen (secondary N) is 1. The Hall–Kier alpha value is -2.26. The number of ether oxygens (including phenoxy) is 1. The largest absolute Gasteiger partial charge is 0.468 e. The Bertz CT molecular complexity index is 772. The zero-order valence-electron chi connectivity index (χ0n) is 11.3. The minimum atomic E-state index is -4.30. The van der Waals surface area contributed by atoms with Gasteiger partial charge in [0, 0.05) is 20.0 Å². The van der Waals surface area contributed by atoms with Gasteiger partial charge in [0.25, 0.3) is 11.6 Å². The van der Waals surface area contributed by atoms with Gasteiger partial charge in [0.05, 0.1) is 7.11 Å². The summed E-state index contributed by atoms with van der Waals surface area (Å²) in [5, 5.41) is 0. The number of alkyl halides is 3. The number of aryl methyl sites for hydroxylation is 2. The second-order valence-corrected chi connectivity index (χ2v) is 4.46.